The van der Waals surface area contributed by atoms with Crippen LogP contribution >= 0.6 is 0 Å². The molecule has 17 heteroatoms. The number of anilines is 1. The molecule has 0 saturated carbocycles. The molecule has 2 aromatic carbocycles. The molecule has 6 aliphatic rings. The standard InChI is InChI=1S/C41H44F5N7O5/c1-39-11-4-14-51(22-39)35-28-21-47-33(32(43)34(28)48-36(49-35)57-23-40-12-5-15-52(40)16-6-13-40)27-20-25(58-38(55)53-17-2-8-30(53)41(44,45)46)19-24-9-10-29(42)26(31(24)27)7-3-18-56-37(54)50-39/h9-10,19-21,30H,2-8,11-18,22-23H2,1H3,(H,50,54). The number of pyridine rings is 1. The van der Waals surface area contributed by atoms with Crippen molar-refractivity contribution in [1.29, 1.82) is 0 Å². The van der Waals surface area contributed by atoms with E-state index in [1.54, 1.807) is 0 Å². The summed E-state index contributed by atoms with van der Waals surface area (Å²) in [6, 6.07) is 3.28. The number of carbonyl (C=O) groups is 2. The first-order chi connectivity index (χ1) is 27.8. The number of nitrogens with zero attached hydrogens (tertiary/aromatic N) is 6. The van der Waals surface area contributed by atoms with Gasteiger partial charge in [-0.1, -0.05) is 6.07 Å². The van der Waals surface area contributed by atoms with Gasteiger partial charge in [0.25, 0.3) is 0 Å². The molecule has 2 unspecified atom stereocenters. The van der Waals surface area contributed by atoms with Crippen LogP contribution in [0.4, 0.5) is 37.4 Å². The summed E-state index contributed by atoms with van der Waals surface area (Å²) < 4.78 is 92.4. The fourth-order valence-corrected chi connectivity index (χ4v) is 9.86. The second kappa shape index (κ2) is 14.6. The van der Waals surface area contributed by atoms with Gasteiger partial charge in [-0.15, -0.1) is 0 Å². The Morgan fingerprint density at radius 3 is 2.60 bits per heavy atom. The molecule has 0 spiro atoms. The number of amides is 2. The summed E-state index contributed by atoms with van der Waals surface area (Å²) in [5.41, 5.74) is -1.06. The van der Waals surface area contributed by atoms with E-state index in [1.807, 2.05) is 11.8 Å². The number of nitrogens with one attached hydrogen (secondary N) is 1. The summed E-state index contributed by atoms with van der Waals surface area (Å²) in [5, 5.41) is 3.84. The van der Waals surface area contributed by atoms with Crippen LogP contribution in [0.3, 0.4) is 0 Å². The third kappa shape index (κ3) is 6.98. The minimum atomic E-state index is -4.65. The molecule has 58 heavy (non-hydrogen) atoms. The number of hydrogen-bond acceptors (Lipinski definition) is 10. The Morgan fingerprint density at radius 2 is 1.81 bits per heavy atom. The Hall–Kier alpha value is -5.06. The topological polar surface area (TPSA) is 122 Å². The number of ether oxygens (including phenoxy) is 3. The number of fused-ring (bicyclic) bond motifs is 7. The number of alkyl halides is 3. The van der Waals surface area contributed by atoms with Crippen molar-refractivity contribution in [2.45, 2.75) is 94.4 Å². The molecule has 6 aliphatic heterocycles. The van der Waals surface area contributed by atoms with E-state index in [1.165, 1.54) is 30.5 Å². The van der Waals surface area contributed by atoms with Crippen molar-refractivity contribution in [3.8, 4) is 23.0 Å². The summed E-state index contributed by atoms with van der Waals surface area (Å²) in [7, 11) is 0. The van der Waals surface area contributed by atoms with Crippen molar-refractivity contribution in [2.24, 2.45) is 0 Å². The van der Waals surface area contributed by atoms with Gasteiger partial charge in [0.2, 0.25) is 0 Å². The number of rotatable bonds is 4. The number of carbonyl (C=O) groups excluding carboxylic acids is 2. The number of aromatic nitrogens is 3. The molecule has 8 heterocycles. The van der Waals surface area contributed by atoms with Gasteiger partial charge in [0, 0.05) is 31.4 Å². The third-order valence-corrected chi connectivity index (χ3v) is 12.6. The summed E-state index contributed by atoms with van der Waals surface area (Å²) in [4.78, 5) is 45.5. The number of hydrogen-bond donors (Lipinski definition) is 1. The smallest absolute Gasteiger partial charge is 0.415 e. The zero-order valence-corrected chi connectivity index (χ0v) is 32.1. The lowest BCUT2D eigenvalue weighted by Crippen LogP contribution is -2.57. The van der Waals surface area contributed by atoms with Crippen molar-refractivity contribution in [2.75, 3.05) is 50.8 Å². The van der Waals surface area contributed by atoms with Gasteiger partial charge in [-0.25, -0.2) is 18.4 Å². The van der Waals surface area contributed by atoms with Gasteiger partial charge in [0.15, 0.2) is 5.82 Å². The Morgan fingerprint density at radius 1 is 1.02 bits per heavy atom. The van der Waals surface area contributed by atoms with Crippen LogP contribution in [0.25, 0.3) is 32.9 Å². The number of likely N-dealkylation sites (tertiary alicyclic amines) is 1. The van der Waals surface area contributed by atoms with Gasteiger partial charge in [-0.2, -0.15) is 23.1 Å². The molecule has 4 fully saturated rings. The van der Waals surface area contributed by atoms with E-state index in [-0.39, 0.29) is 89.2 Å². The van der Waals surface area contributed by atoms with E-state index in [4.69, 9.17) is 19.2 Å². The highest BCUT2D eigenvalue weighted by Gasteiger charge is 2.49. The van der Waals surface area contributed by atoms with E-state index in [9.17, 15) is 22.8 Å². The molecule has 10 rings (SSSR count). The average Bonchev–Trinajstić information content (AvgIpc) is 3.93. The lowest BCUT2D eigenvalue weighted by atomic mass is 9.91. The van der Waals surface area contributed by atoms with Crippen LogP contribution < -0.4 is 19.7 Å². The SMILES string of the molecule is CC12CCCN(C1)c1nc(OCC34CCCN3CCC4)nc3c(F)c(ncc13)-c1cc(OC(=O)N3CCCC3C(F)(F)F)cc3ccc(F)c(c13)CCCOC(=O)N2. The van der Waals surface area contributed by atoms with Crippen LogP contribution in [0, 0.1) is 11.6 Å². The minimum absolute atomic E-state index is 0.0330. The molecule has 1 N–H and O–H groups in total. The molecule has 2 atom stereocenters. The van der Waals surface area contributed by atoms with E-state index < -0.39 is 41.6 Å². The average molecular weight is 810 g/mol. The number of benzene rings is 2. The number of halogens is 5. The summed E-state index contributed by atoms with van der Waals surface area (Å²) in [6.45, 7) is 4.82. The zero-order valence-electron chi connectivity index (χ0n) is 32.1. The van der Waals surface area contributed by atoms with Crippen LogP contribution in [0.1, 0.15) is 70.3 Å². The van der Waals surface area contributed by atoms with E-state index in [0.29, 0.717) is 48.6 Å². The van der Waals surface area contributed by atoms with Crippen LogP contribution in [-0.2, 0) is 11.2 Å². The Kier molecular flexibility index (Phi) is 9.71. The molecular formula is C41H44F5N7O5. The second-order valence-corrected chi connectivity index (χ2v) is 16.5. The van der Waals surface area contributed by atoms with Crippen LogP contribution in [-0.4, -0.2) is 106 Å². The lowest BCUT2D eigenvalue weighted by Gasteiger charge is -2.41. The molecule has 2 aromatic heterocycles. The summed E-state index contributed by atoms with van der Waals surface area (Å²) >= 11 is 0. The predicted molar refractivity (Wildman–Crippen MR) is 203 cm³/mol. The number of piperidine rings is 1. The summed E-state index contributed by atoms with van der Waals surface area (Å²) in [6.07, 6.45) is 0.434. The highest BCUT2D eigenvalue weighted by atomic mass is 19.4. The fourth-order valence-electron chi connectivity index (χ4n) is 9.86. The van der Waals surface area contributed by atoms with Gasteiger partial charge in [-0.3, -0.25) is 14.8 Å². The minimum Gasteiger partial charge on any atom is -0.461 e. The first kappa shape index (κ1) is 38.5. The fraction of sp³-hybridized carbons (Fsp3) is 0.537. The van der Waals surface area contributed by atoms with Gasteiger partial charge < -0.3 is 24.4 Å². The maximum absolute atomic E-state index is 17.5. The van der Waals surface area contributed by atoms with E-state index in [2.05, 4.69) is 20.2 Å². The first-order valence-electron chi connectivity index (χ1n) is 20.1. The lowest BCUT2D eigenvalue weighted by molar-refractivity contribution is -0.170. The van der Waals surface area contributed by atoms with E-state index >= 15 is 8.78 Å². The van der Waals surface area contributed by atoms with E-state index in [0.717, 1.165) is 38.8 Å². The van der Waals surface area contributed by atoms with Gasteiger partial charge in [-0.05, 0) is 119 Å². The Labute approximate surface area is 331 Å². The molecule has 6 bridgehead atoms. The molecular weight excluding hydrogens is 765 g/mol. The molecule has 12 nitrogen and oxygen atoms in total. The van der Waals surface area contributed by atoms with Crippen molar-refractivity contribution < 1.29 is 45.8 Å². The molecule has 4 saturated heterocycles. The first-order valence-corrected chi connectivity index (χ1v) is 20.1. The largest absolute Gasteiger partial charge is 0.461 e. The van der Waals surface area contributed by atoms with Crippen molar-refractivity contribution in [1.82, 2.24) is 30.1 Å². The van der Waals surface area contributed by atoms with Gasteiger partial charge in [0.05, 0.1) is 23.1 Å². The van der Waals surface area contributed by atoms with Crippen molar-refractivity contribution in [3.05, 3.63) is 47.7 Å². The predicted octanol–water partition coefficient (Wildman–Crippen LogP) is 7.69. The van der Waals surface area contributed by atoms with Crippen molar-refractivity contribution in [3.63, 3.8) is 0 Å². The number of alkyl carbamates (subject to hydrolysis) is 1. The Bertz CT molecular complexity index is 2280. The van der Waals surface area contributed by atoms with Crippen LogP contribution in [0.15, 0.2) is 30.5 Å². The van der Waals surface area contributed by atoms with Crippen LogP contribution in [0.5, 0.6) is 11.8 Å². The maximum Gasteiger partial charge on any atom is 0.415 e. The second-order valence-electron chi connectivity index (χ2n) is 16.5. The van der Waals surface area contributed by atoms with Gasteiger partial charge >= 0.3 is 24.4 Å². The zero-order chi connectivity index (χ0) is 40.4. The molecule has 4 aromatic rings. The maximum atomic E-state index is 17.5. The summed E-state index contributed by atoms with van der Waals surface area (Å²) in [5.74, 6) is -1.31. The molecule has 2 amide bonds. The monoisotopic (exact) mass is 809 g/mol. The third-order valence-electron chi connectivity index (χ3n) is 12.6. The quantitative estimate of drug-likeness (QED) is 0.206. The molecule has 0 aliphatic carbocycles. The molecule has 308 valence electrons. The number of aryl methyl sites for hydroxylation is 1. The molecule has 0 radical (unpaired) electrons. The van der Waals surface area contributed by atoms with Crippen molar-refractivity contribution >= 4 is 39.7 Å². The highest BCUT2D eigenvalue weighted by molar-refractivity contribution is 6.02. The highest BCUT2D eigenvalue weighted by Crippen LogP contribution is 2.42. The van der Waals surface area contributed by atoms with Crippen LogP contribution in [0.2, 0.25) is 0 Å². The van der Waals surface area contributed by atoms with Gasteiger partial charge in [0.1, 0.15) is 41.2 Å². The normalized spacial score (nSPS) is 23.6. The Balaban J connectivity index is 1.20.